The van der Waals surface area contributed by atoms with Crippen molar-refractivity contribution in [3.05, 3.63) is 52.8 Å². The van der Waals surface area contributed by atoms with Gasteiger partial charge in [-0.15, -0.1) is 0 Å². The monoisotopic (exact) mass is 475 g/mol. The van der Waals surface area contributed by atoms with Gasteiger partial charge in [0.2, 0.25) is 15.9 Å². The number of ether oxygens (including phenoxy) is 1. The van der Waals surface area contributed by atoms with E-state index in [1.54, 1.807) is 20.8 Å². The van der Waals surface area contributed by atoms with Crippen LogP contribution in [0.15, 0.2) is 35.2 Å². The summed E-state index contributed by atoms with van der Waals surface area (Å²) in [6.07, 6.45) is 1.19. The molecule has 2 aromatic rings. The van der Waals surface area contributed by atoms with Gasteiger partial charge in [-0.25, -0.2) is 13.2 Å². The number of esters is 1. The van der Waals surface area contributed by atoms with E-state index in [2.05, 4.69) is 5.32 Å². The minimum absolute atomic E-state index is 0.00866. The number of carbonyl (C=O) groups excluding carboxylic acids is 2. The molecule has 0 saturated carbocycles. The van der Waals surface area contributed by atoms with Crippen molar-refractivity contribution in [2.45, 2.75) is 58.5 Å². The Bertz CT molecular complexity index is 1110. The summed E-state index contributed by atoms with van der Waals surface area (Å²) < 4.78 is 35.8. The molecule has 0 spiro atoms. The van der Waals surface area contributed by atoms with Crippen LogP contribution in [-0.4, -0.2) is 48.9 Å². The van der Waals surface area contributed by atoms with Gasteiger partial charge in [0.25, 0.3) is 0 Å². The fourth-order valence-electron chi connectivity index (χ4n) is 4.52. The zero-order chi connectivity index (χ0) is 24.2. The molecule has 1 saturated heterocycles. The van der Waals surface area contributed by atoms with E-state index in [1.807, 2.05) is 41.8 Å². The molecule has 0 unspecified atom stereocenters. The minimum atomic E-state index is -4.00. The molecular weight excluding hydrogens is 442 g/mol. The van der Waals surface area contributed by atoms with Crippen LogP contribution in [-0.2, 0) is 32.6 Å². The van der Waals surface area contributed by atoms with Gasteiger partial charge in [0.05, 0.1) is 12.5 Å². The van der Waals surface area contributed by atoms with E-state index in [9.17, 15) is 18.0 Å². The third-order valence-electron chi connectivity index (χ3n) is 6.19. The van der Waals surface area contributed by atoms with E-state index >= 15 is 0 Å². The van der Waals surface area contributed by atoms with E-state index in [0.717, 1.165) is 5.56 Å². The Balaban J connectivity index is 1.85. The number of carbonyl (C=O) groups is 2. The van der Waals surface area contributed by atoms with Gasteiger partial charge in [-0.2, -0.15) is 4.31 Å². The largest absolute Gasteiger partial charge is 0.462 e. The summed E-state index contributed by atoms with van der Waals surface area (Å²) in [6, 6.07) is 9.58. The Kier molecular flexibility index (Phi) is 7.97. The van der Waals surface area contributed by atoms with Gasteiger partial charge in [0.1, 0.15) is 10.5 Å². The first kappa shape index (κ1) is 25.0. The molecule has 33 heavy (non-hydrogen) atoms. The lowest BCUT2D eigenvalue weighted by Crippen LogP contribution is -2.45. The smallest absolute Gasteiger partial charge is 0.341 e. The molecule has 1 amide bonds. The number of hydrogen-bond acceptors (Lipinski definition) is 5. The molecule has 1 fully saturated rings. The number of nitrogens with one attached hydrogen (secondary N) is 1. The topological polar surface area (TPSA) is 97.7 Å². The lowest BCUT2D eigenvalue weighted by Gasteiger charge is -2.31. The van der Waals surface area contributed by atoms with Crippen molar-refractivity contribution in [3.63, 3.8) is 0 Å². The second-order valence-corrected chi connectivity index (χ2v) is 10.1. The number of sulfonamides is 1. The normalized spacial score (nSPS) is 17.0. The number of benzene rings is 1. The highest BCUT2D eigenvalue weighted by atomic mass is 32.2. The number of amides is 1. The van der Waals surface area contributed by atoms with Crippen molar-refractivity contribution in [2.24, 2.45) is 5.92 Å². The Labute approximate surface area is 196 Å². The first-order chi connectivity index (χ1) is 15.7. The van der Waals surface area contributed by atoms with Crippen molar-refractivity contribution in [1.29, 1.82) is 0 Å². The molecule has 1 atom stereocenters. The van der Waals surface area contributed by atoms with Crippen LogP contribution in [0.25, 0.3) is 0 Å². The molecule has 0 aliphatic carbocycles. The number of piperidine rings is 1. The van der Waals surface area contributed by atoms with E-state index in [4.69, 9.17) is 4.74 Å². The van der Waals surface area contributed by atoms with Gasteiger partial charge in [-0.3, -0.25) is 4.79 Å². The first-order valence-corrected chi connectivity index (χ1v) is 12.8. The third-order valence-corrected chi connectivity index (χ3v) is 8.21. The van der Waals surface area contributed by atoms with Crippen LogP contribution in [0.2, 0.25) is 0 Å². The second-order valence-electron chi connectivity index (χ2n) is 8.25. The lowest BCUT2D eigenvalue weighted by atomic mass is 9.99. The predicted octanol–water partition coefficient (Wildman–Crippen LogP) is 3.02. The summed E-state index contributed by atoms with van der Waals surface area (Å²) in [4.78, 5) is 25.5. The van der Waals surface area contributed by atoms with Crippen molar-refractivity contribution >= 4 is 21.9 Å². The standard InChI is InChI=1S/C24H33N3O5S/c1-5-27-17(3)21(24(29)32-6-2)22(18(27)4)33(30,31)26-14-10-13-20(16-26)23(28)25-15-19-11-8-7-9-12-19/h7-9,11-12,20H,5-6,10,13-16H2,1-4H3,(H,25,28)/t20-/m1/s1. The molecule has 8 nitrogen and oxygen atoms in total. The average Bonchev–Trinajstić information content (AvgIpc) is 3.08. The molecule has 1 aromatic carbocycles. The maximum absolute atomic E-state index is 13.7. The van der Waals surface area contributed by atoms with Crippen molar-refractivity contribution in [2.75, 3.05) is 19.7 Å². The van der Waals surface area contributed by atoms with Gasteiger partial charge in [0.15, 0.2) is 0 Å². The molecule has 1 aromatic heterocycles. The van der Waals surface area contributed by atoms with E-state index in [1.165, 1.54) is 4.31 Å². The van der Waals surface area contributed by atoms with Crippen molar-refractivity contribution < 1.29 is 22.7 Å². The van der Waals surface area contributed by atoms with E-state index in [-0.39, 0.29) is 29.5 Å². The Morgan fingerprint density at radius 1 is 1.12 bits per heavy atom. The highest BCUT2D eigenvalue weighted by Crippen LogP contribution is 2.32. The van der Waals surface area contributed by atoms with Crippen LogP contribution < -0.4 is 5.32 Å². The molecule has 1 aliphatic heterocycles. The highest BCUT2D eigenvalue weighted by Gasteiger charge is 2.39. The Morgan fingerprint density at radius 2 is 1.82 bits per heavy atom. The van der Waals surface area contributed by atoms with Crippen LogP contribution in [0.1, 0.15) is 54.0 Å². The van der Waals surface area contributed by atoms with E-state index < -0.39 is 21.9 Å². The molecule has 180 valence electrons. The van der Waals surface area contributed by atoms with Crippen LogP contribution in [0.3, 0.4) is 0 Å². The van der Waals surface area contributed by atoms with Gasteiger partial charge < -0.3 is 14.6 Å². The maximum Gasteiger partial charge on any atom is 0.341 e. The highest BCUT2D eigenvalue weighted by molar-refractivity contribution is 7.89. The molecule has 3 rings (SSSR count). The van der Waals surface area contributed by atoms with Gasteiger partial charge in [0, 0.05) is 37.6 Å². The SMILES string of the molecule is CCOC(=O)c1c(S(=O)(=O)N2CCC[C@@H](C(=O)NCc3ccccc3)C2)c(C)n(CC)c1C. The fraction of sp³-hybridized carbons (Fsp3) is 0.500. The average molecular weight is 476 g/mol. The van der Waals surface area contributed by atoms with Crippen LogP contribution in [0.5, 0.6) is 0 Å². The summed E-state index contributed by atoms with van der Waals surface area (Å²) in [6.45, 7) is 8.51. The fourth-order valence-corrected chi connectivity index (χ4v) is 6.50. The Hall–Kier alpha value is -2.65. The summed E-state index contributed by atoms with van der Waals surface area (Å²) >= 11 is 0. The van der Waals surface area contributed by atoms with Crippen LogP contribution in [0, 0.1) is 19.8 Å². The number of aromatic nitrogens is 1. The number of rotatable bonds is 8. The minimum Gasteiger partial charge on any atom is -0.462 e. The molecule has 9 heteroatoms. The molecule has 1 aliphatic rings. The van der Waals surface area contributed by atoms with Crippen LogP contribution in [0.4, 0.5) is 0 Å². The number of hydrogen-bond donors (Lipinski definition) is 1. The summed E-state index contributed by atoms with van der Waals surface area (Å²) in [5.41, 5.74) is 2.15. The van der Waals surface area contributed by atoms with Gasteiger partial charge in [-0.1, -0.05) is 30.3 Å². The van der Waals surface area contributed by atoms with E-state index in [0.29, 0.717) is 43.9 Å². The summed E-state index contributed by atoms with van der Waals surface area (Å²) in [5.74, 6) is -1.25. The molecule has 2 heterocycles. The molecular formula is C24H33N3O5S. The van der Waals surface area contributed by atoms with Gasteiger partial charge >= 0.3 is 5.97 Å². The quantitative estimate of drug-likeness (QED) is 0.592. The summed E-state index contributed by atoms with van der Waals surface area (Å²) in [7, 11) is -4.00. The first-order valence-electron chi connectivity index (χ1n) is 11.4. The second kappa shape index (κ2) is 10.5. The predicted molar refractivity (Wildman–Crippen MR) is 125 cm³/mol. The zero-order valence-corrected chi connectivity index (χ0v) is 20.6. The Morgan fingerprint density at radius 3 is 2.45 bits per heavy atom. The number of nitrogens with zero attached hydrogens (tertiary/aromatic N) is 2. The van der Waals surface area contributed by atoms with Crippen LogP contribution >= 0.6 is 0 Å². The molecule has 0 bridgehead atoms. The van der Waals surface area contributed by atoms with Gasteiger partial charge in [-0.05, 0) is 46.1 Å². The third kappa shape index (κ3) is 5.14. The van der Waals surface area contributed by atoms with Crippen molar-refractivity contribution in [1.82, 2.24) is 14.2 Å². The maximum atomic E-state index is 13.7. The molecule has 0 radical (unpaired) electrons. The lowest BCUT2D eigenvalue weighted by molar-refractivity contribution is -0.126. The molecule has 1 N–H and O–H groups in total. The zero-order valence-electron chi connectivity index (χ0n) is 19.8. The van der Waals surface area contributed by atoms with Crippen molar-refractivity contribution in [3.8, 4) is 0 Å². The summed E-state index contributed by atoms with van der Waals surface area (Å²) in [5, 5.41) is 2.92.